The molecule has 2 heterocycles. The van der Waals surface area contributed by atoms with Gasteiger partial charge in [-0.05, 0) is 36.8 Å². The molecule has 3 rings (SSSR count). The number of carbonyl (C=O) groups excluding carboxylic acids is 3. The molecule has 0 radical (unpaired) electrons. The van der Waals surface area contributed by atoms with Crippen LogP contribution in [-0.2, 0) is 14.3 Å². The zero-order valence-electron chi connectivity index (χ0n) is 17.0. The molecule has 0 saturated carbocycles. The van der Waals surface area contributed by atoms with Gasteiger partial charge >= 0.3 is 5.97 Å². The number of halogens is 1. The molecule has 1 aromatic carbocycles. The zero-order valence-corrected chi connectivity index (χ0v) is 19.4. The number of methoxy groups -OCH3 is 1. The van der Waals surface area contributed by atoms with Crippen molar-refractivity contribution in [1.82, 2.24) is 15.5 Å². The predicted molar refractivity (Wildman–Crippen MR) is 123 cm³/mol. The van der Waals surface area contributed by atoms with Crippen molar-refractivity contribution >= 4 is 68.1 Å². The molecule has 31 heavy (non-hydrogen) atoms. The van der Waals surface area contributed by atoms with E-state index in [1.54, 1.807) is 25.3 Å². The summed E-state index contributed by atoms with van der Waals surface area (Å²) in [5.74, 6) is -0.661. The van der Waals surface area contributed by atoms with Crippen LogP contribution < -0.4 is 15.4 Å². The summed E-state index contributed by atoms with van der Waals surface area (Å²) in [7, 11) is 1.56. The molecule has 166 valence electrons. The molecule has 8 nitrogen and oxygen atoms in total. The van der Waals surface area contributed by atoms with Crippen LogP contribution in [-0.4, -0.2) is 60.6 Å². The van der Waals surface area contributed by atoms with Gasteiger partial charge in [0.2, 0.25) is 5.91 Å². The maximum Gasteiger partial charge on any atom is 0.308 e. The minimum absolute atomic E-state index is 0.0549. The standard InChI is InChI=1S/C20H22ClN3O5S2/c1-3-8-29-15(25)10-13-18(26)22-6-7-24(13)20(30)23-19(27)17-16(21)12-5-4-11(28-2)9-14(12)31-17/h4-5,9,13H,3,6-8,10H2,1-2H3,(H,22,26)(H,23,27,30). The first kappa shape index (κ1) is 23.2. The van der Waals surface area contributed by atoms with Crippen LogP contribution in [0.2, 0.25) is 5.02 Å². The van der Waals surface area contributed by atoms with Crippen molar-refractivity contribution < 1.29 is 23.9 Å². The molecule has 1 aliphatic heterocycles. The number of hydrogen-bond donors (Lipinski definition) is 2. The van der Waals surface area contributed by atoms with E-state index in [-0.39, 0.29) is 24.0 Å². The number of ether oxygens (including phenoxy) is 2. The number of esters is 1. The second-order valence-corrected chi connectivity index (χ2v) is 8.61. The molecule has 0 bridgehead atoms. The topological polar surface area (TPSA) is 97.0 Å². The van der Waals surface area contributed by atoms with E-state index in [0.717, 1.165) is 10.1 Å². The third-order valence-electron chi connectivity index (χ3n) is 4.68. The molecule has 2 N–H and O–H groups in total. The Morgan fingerprint density at radius 1 is 1.42 bits per heavy atom. The fourth-order valence-electron chi connectivity index (χ4n) is 3.14. The van der Waals surface area contributed by atoms with Gasteiger partial charge in [0.25, 0.3) is 5.91 Å². The van der Waals surface area contributed by atoms with Gasteiger partial charge in [0.15, 0.2) is 5.11 Å². The zero-order chi connectivity index (χ0) is 22.5. The number of thiocarbonyl (C=S) groups is 1. The summed E-state index contributed by atoms with van der Waals surface area (Å²) < 4.78 is 11.1. The van der Waals surface area contributed by atoms with Crippen LogP contribution in [0.15, 0.2) is 18.2 Å². The number of benzene rings is 1. The molecular formula is C20H22ClN3O5S2. The van der Waals surface area contributed by atoms with Gasteiger partial charge in [-0.2, -0.15) is 0 Å². The lowest BCUT2D eigenvalue weighted by Crippen LogP contribution is -2.60. The van der Waals surface area contributed by atoms with Crippen molar-refractivity contribution in [2.75, 3.05) is 26.8 Å². The molecule has 0 aliphatic carbocycles. The summed E-state index contributed by atoms with van der Waals surface area (Å²) >= 11 is 13.0. The van der Waals surface area contributed by atoms with E-state index >= 15 is 0 Å². The molecule has 2 aromatic rings. The second-order valence-electron chi connectivity index (χ2n) is 6.79. The first-order valence-electron chi connectivity index (χ1n) is 9.67. The Labute approximate surface area is 193 Å². The van der Waals surface area contributed by atoms with E-state index in [4.69, 9.17) is 33.3 Å². The third kappa shape index (κ3) is 5.25. The van der Waals surface area contributed by atoms with Crippen LogP contribution in [0.1, 0.15) is 29.4 Å². The van der Waals surface area contributed by atoms with E-state index in [1.807, 2.05) is 6.92 Å². The summed E-state index contributed by atoms with van der Waals surface area (Å²) in [6.45, 7) is 2.86. The smallest absolute Gasteiger partial charge is 0.308 e. The Hall–Kier alpha value is -2.43. The second kappa shape index (κ2) is 10.3. The quantitative estimate of drug-likeness (QED) is 0.481. The first-order valence-corrected chi connectivity index (χ1v) is 11.3. The van der Waals surface area contributed by atoms with Crippen LogP contribution in [0, 0.1) is 0 Å². The lowest BCUT2D eigenvalue weighted by Gasteiger charge is -2.36. The monoisotopic (exact) mass is 483 g/mol. The maximum absolute atomic E-state index is 12.9. The molecule has 1 fully saturated rings. The number of amides is 2. The summed E-state index contributed by atoms with van der Waals surface area (Å²) in [6.07, 6.45) is 0.522. The van der Waals surface area contributed by atoms with Crippen molar-refractivity contribution in [2.24, 2.45) is 0 Å². The average molecular weight is 484 g/mol. The van der Waals surface area contributed by atoms with E-state index < -0.39 is 17.9 Å². The predicted octanol–water partition coefficient (Wildman–Crippen LogP) is 2.72. The fourth-order valence-corrected chi connectivity index (χ4v) is 4.89. The van der Waals surface area contributed by atoms with E-state index in [0.29, 0.717) is 35.2 Å². The van der Waals surface area contributed by atoms with E-state index in [1.165, 1.54) is 16.2 Å². The van der Waals surface area contributed by atoms with Crippen molar-refractivity contribution in [1.29, 1.82) is 0 Å². The highest BCUT2D eigenvalue weighted by molar-refractivity contribution is 7.80. The highest BCUT2D eigenvalue weighted by Gasteiger charge is 2.34. The van der Waals surface area contributed by atoms with Crippen LogP contribution in [0.4, 0.5) is 0 Å². The lowest BCUT2D eigenvalue weighted by molar-refractivity contribution is -0.147. The van der Waals surface area contributed by atoms with Crippen LogP contribution >= 0.6 is 35.2 Å². The Kier molecular flexibility index (Phi) is 7.69. The molecule has 1 aromatic heterocycles. The van der Waals surface area contributed by atoms with Gasteiger partial charge in [-0.3, -0.25) is 19.7 Å². The molecule has 0 spiro atoms. The van der Waals surface area contributed by atoms with Crippen LogP contribution in [0.5, 0.6) is 5.75 Å². The van der Waals surface area contributed by atoms with Gasteiger partial charge in [-0.1, -0.05) is 18.5 Å². The van der Waals surface area contributed by atoms with Gasteiger partial charge in [0.05, 0.1) is 25.2 Å². The summed E-state index contributed by atoms with van der Waals surface area (Å²) in [5, 5.41) is 6.46. The minimum Gasteiger partial charge on any atom is -0.497 e. The molecule has 2 amide bonds. The maximum atomic E-state index is 12.9. The Bertz CT molecular complexity index is 1030. The Morgan fingerprint density at radius 3 is 2.90 bits per heavy atom. The number of nitrogens with zero attached hydrogens (tertiary/aromatic N) is 1. The molecule has 1 aliphatic rings. The lowest BCUT2D eigenvalue weighted by atomic mass is 10.1. The molecule has 11 heteroatoms. The molecule has 1 atom stereocenters. The van der Waals surface area contributed by atoms with Gasteiger partial charge in [0, 0.05) is 23.2 Å². The average Bonchev–Trinajstić information content (AvgIpc) is 3.09. The number of hydrogen-bond acceptors (Lipinski definition) is 7. The molecule has 1 unspecified atom stereocenters. The van der Waals surface area contributed by atoms with Crippen molar-refractivity contribution in [3.8, 4) is 5.75 Å². The highest BCUT2D eigenvalue weighted by atomic mass is 35.5. The number of nitrogens with one attached hydrogen (secondary N) is 2. The van der Waals surface area contributed by atoms with E-state index in [9.17, 15) is 14.4 Å². The normalized spacial score (nSPS) is 16.0. The van der Waals surface area contributed by atoms with Crippen molar-refractivity contribution in [3.63, 3.8) is 0 Å². The highest BCUT2D eigenvalue weighted by Crippen LogP contribution is 2.37. The summed E-state index contributed by atoms with van der Waals surface area (Å²) in [4.78, 5) is 39.1. The Balaban J connectivity index is 1.75. The van der Waals surface area contributed by atoms with Gasteiger partial charge in [0.1, 0.15) is 16.7 Å². The number of carbonyl (C=O) groups is 3. The SMILES string of the molecule is CCCOC(=O)CC1C(=O)NCCN1C(=S)NC(=O)c1sc2cc(OC)ccc2c1Cl. The Morgan fingerprint density at radius 2 is 2.19 bits per heavy atom. The fraction of sp³-hybridized carbons (Fsp3) is 0.400. The summed E-state index contributed by atoms with van der Waals surface area (Å²) in [5.41, 5.74) is 0. The number of thiophene rings is 1. The number of piperazine rings is 1. The van der Waals surface area contributed by atoms with Gasteiger partial charge in [-0.25, -0.2) is 0 Å². The van der Waals surface area contributed by atoms with Gasteiger partial charge in [-0.15, -0.1) is 11.3 Å². The first-order chi connectivity index (χ1) is 14.8. The number of fused-ring (bicyclic) bond motifs is 1. The number of rotatable bonds is 6. The van der Waals surface area contributed by atoms with Crippen molar-refractivity contribution in [2.45, 2.75) is 25.8 Å². The molecular weight excluding hydrogens is 462 g/mol. The summed E-state index contributed by atoms with van der Waals surface area (Å²) in [6, 6.07) is 4.50. The van der Waals surface area contributed by atoms with Crippen LogP contribution in [0.3, 0.4) is 0 Å². The van der Waals surface area contributed by atoms with Crippen molar-refractivity contribution in [3.05, 3.63) is 28.1 Å². The van der Waals surface area contributed by atoms with E-state index in [2.05, 4.69) is 10.6 Å². The van der Waals surface area contributed by atoms with Gasteiger partial charge < -0.3 is 19.7 Å². The largest absolute Gasteiger partial charge is 0.497 e. The molecule has 1 saturated heterocycles. The third-order valence-corrected chi connectivity index (χ3v) is 6.67. The van der Waals surface area contributed by atoms with Crippen LogP contribution in [0.25, 0.3) is 10.1 Å². The minimum atomic E-state index is -0.854.